The summed E-state index contributed by atoms with van der Waals surface area (Å²) in [5.41, 5.74) is 1.17. The molecule has 0 aliphatic carbocycles. The monoisotopic (exact) mass is 298 g/mol. The fraction of sp³-hybridized carbons (Fsp3) is 0.429. The van der Waals surface area contributed by atoms with Crippen molar-refractivity contribution in [1.82, 2.24) is 0 Å². The van der Waals surface area contributed by atoms with Crippen LogP contribution in [0, 0.1) is 6.92 Å². The number of carboxylic acids is 1. The molecule has 0 saturated carbocycles. The van der Waals surface area contributed by atoms with Gasteiger partial charge in [0.2, 0.25) is 0 Å². The maximum Gasteiger partial charge on any atom is 0.335 e. The van der Waals surface area contributed by atoms with Gasteiger partial charge in [0.25, 0.3) is 0 Å². The average molecular weight is 298 g/mol. The first kappa shape index (κ1) is 16.7. The predicted octanol–water partition coefficient (Wildman–Crippen LogP) is 1.76. The number of hydrogen-bond donors (Lipinski definition) is 3. The van der Waals surface area contributed by atoms with Gasteiger partial charge < -0.3 is 15.3 Å². The lowest BCUT2D eigenvalue weighted by Crippen LogP contribution is -2.20. The molecule has 5 nitrogen and oxygen atoms in total. The largest absolute Gasteiger partial charge is 0.478 e. The molecule has 0 aromatic heterocycles. The highest BCUT2D eigenvalue weighted by Gasteiger charge is 2.21. The molecule has 110 valence electrons. The molecule has 0 amide bonds. The first-order valence-electron chi connectivity index (χ1n) is 6.16. The molecule has 0 bridgehead atoms. The number of aliphatic hydroxyl groups is 2. The lowest BCUT2D eigenvalue weighted by atomic mass is 9.96. The lowest BCUT2D eigenvalue weighted by molar-refractivity contribution is -0.109. The van der Waals surface area contributed by atoms with Crippen molar-refractivity contribution in [3.63, 3.8) is 0 Å². The van der Waals surface area contributed by atoms with Crippen LogP contribution in [-0.2, 0) is 4.79 Å². The summed E-state index contributed by atoms with van der Waals surface area (Å²) in [5, 5.41) is 28.9. The highest BCUT2D eigenvalue weighted by atomic mass is 32.2. The fourth-order valence-electron chi connectivity index (χ4n) is 1.78. The predicted molar refractivity (Wildman–Crippen MR) is 76.9 cm³/mol. The third-order valence-corrected chi connectivity index (χ3v) is 3.77. The van der Waals surface area contributed by atoms with Crippen molar-refractivity contribution < 1.29 is 24.9 Å². The summed E-state index contributed by atoms with van der Waals surface area (Å²) in [7, 11) is 0. The number of carbonyl (C=O) groups excluding carboxylic acids is 1. The molecule has 0 radical (unpaired) electrons. The normalized spacial score (nSPS) is 13.8. The van der Waals surface area contributed by atoms with E-state index in [2.05, 4.69) is 0 Å². The van der Waals surface area contributed by atoms with E-state index < -0.39 is 18.2 Å². The van der Waals surface area contributed by atoms with Crippen LogP contribution in [0.4, 0.5) is 0 Å². The summed E-state index contributed by atoms with van der Waals surface area (Å²) in [6, 6.07) is 4.41. The van der Waals surface area contributed by atoms with Gasteiger partial charge in [-0.05, 0) is 36.6 Å². The quantitative estimate of drug-likeness (QED) is 0.740. The van der Waals surface area contributed by atoms with Gasteiger partial charge in [-0.1, -0.05) is 17.8 Å². The lowest BCUT2D eigenvalue weighted by Gasteiger charge is -2.20. The van der Waals surface area contributed by atoms with Crippen molar-refractivity contribution in [2.45, 2.75) is 32.5 Å². The second-order valence-electron chi connectivity index (χ2n) is 4.52. The number of carboxylic acid groups (broad SMARTS) is 1. The van der Waals surface area contributed by atoms with Gasteiger partial charge in [0, 0.05) is 12.7 Å². The third kappa shape index (κ3) is 4.63. The SMILES string of the molecule is CC(=O)SCCC(O)C(O)c1cc(C(=O)O)ccc1C. The van der Waals surface area contributed by atoms with Gasteiger partial charge in [-0.3, -0.25) is 4.79 Å². The van der Waals surface area contributed by atoms with Crippen LogP contribution in [0.25, 0.3) is 0 Å². The first-order valence-corrected chi connectivity index (χ1v) is 7.14. The van der Waals surface area contributed by atoms with E-state index in [9.17, 15) is 19.8 Å². The van der Waals surface area contributed by atoms with E-state index in [-0.39, 0.29) is 17.1 Å². The number of thioether (sulfide) groups is 1. The number of aliphatic hydroxyl groups excluding tert-OH is 2. The molecular formula is C14H18O5S. The molecule has 20 heavy (non-hydrogen) atoms. The fourth-order valence-corrected chi connectivity index (χ4v) is 2.43. The van der Waals surface area contributed by atoms with Crippen LogP contribution in [0.2, 0.25) is 0 Å². The molecule has 0 spiro atoms. The zero-order chi connectivity index (χ0) is 15.3. The van der Waals surface area contributed by atoms with Crippen LogP contribution in [0.5, 0.6) is 0 Å². The van der Waals surface area contributed by atoms with Crippen molar-refractivity contribution >= 4 is 22.8 Å². The first-order chi connectivity index (χ1) is 9.32. The number of rotatable bonds is 6. The van der Waals surface area contributed by atoms with Crippen molar-refractivity contribution in [3.8, 4) is 0 Å². The Labute approximate surface area is 121 Å². The molecule has 0 heterocycles. The van der Waals surface area contributed by atoms with Gasteiger partial charge in [-0.15, -0.1) is 0 Å². The molecule has 2 atom stereocenters. The number of aromatic carboxylic acids is 1. The summed E-state index contributed by atoms with van der Waals surface area (Å²) in [5.74, 6) is -0.675. The number of carbonyl (C=O) groups is 2. The molecule has 6 heteroatoms. The van der Waals surface area contributed by atoms with E-state index in [1.807, 2.05) is 0 Å². The molecule has 0 saturated heterocycles. The minimum Gasteiger partial charge on any atom is -0.478 e. The molecule has 1 rings (SSSR count). The Balaban J connectivity index is 2.79. The molecule has 0 aliphatic rings. The Morgan fingerprint density at radius 1 is 1.30 bits per heavy atom. The van der Waals surface area contributed by atoms with E-state index in [1.54, 1.807) is 13.0 Å². The Kier molecular flexibility index (Phi) is 6.19. The molecule has 1 aromatic rings. The molecule has 0 aliphatic heterocycles. The van der Waals surface area contributed by atoms with Gasteiger partial charge in [-0.25, -0.2) is 4.79 Å². The van der Waals surface area contributed by atoms with E-state index >= 15 is 0 Å². The van der Waals surface area contributed by atoms with Crippen LogP contribution in [0.15, 0.2) is 18.2 Å². The summed E-state index contributed by atoms with van der Waals surface area (Å²) in [4.78, 5) is 21.7. The number of hydrogen-bond acceptors (Lipinski definition) is 5. The van der Waals surface area contributed by atoms with Gasteiger partial charge in [0.05, 0.1) is 11.7 Å². The number of benzene rings is 1. The zero-order valence-electron chi connectivity index (χ0n) is 11.4. The molecular weight excluding hydrogens is 280 g/mol. The highest BCUT2D eigenvalue weighted by Crippen LogP contribution is 2.24. The van der Waals surface area contributed by atoms with E-state index in [0.29, 0.717) is 16.9 Å². The van der Waals surface area contributed by atoms with Crippen LogP contribution in [0.3, 0.4) is 0 Å². The van der Waals surface area contributed by atoms with Crippen molar-refractivity contribution in [2.75, 3.05) is 5.75 Å². The maximum atomic E-state index is 10.9. The Bertz CT molecular complexity index is 500. The summed E-state index contributed by atoms with van der Waals surface area (Å²) in [6.45, 7) is 3.18. The maximum absolute atomic E-state index is 10.9. The van der Waals surface area contributed by atoms with Gasteiger partial charge >= 0.3 is 5.97 Å². The Morgan fingerprint density at radius 3 is 2.50 bits per heavy atom. The van der Waals surface area contributed by atoms with Crippen LogP contribution in [0.1, 0.15) is 40.9 Å². The van der Waals surface area contributed by atoms with Crippen LogP contribution in [-0.4, -0.2) is 38.3 Å². The zero-order valence-corrected chi connectivity index (χ0v) is 12.2. The van der Waals surface area contributed by atoms with E-state index in [0.717, 1.165) is 11.8 Å². The smallest absolute Gasteiger partial charge is 0.335 e. The highest BCUT2D eigenvalue weighted by molar-refractivity contribution is 8.13. The van der Waals surface area contributed by atoms with Crippen molar-refractivity contribution in [3.05, 3.63) is 34.9 Å². The third-order valence-electron chi connectivity index (χ3n) is 2.93. The van der Waals surface area contributed by atoms with Crippen LogP contribution >= 0.6 is 11.8 Å². The summed E-state index contributed by atoms with van der Waals surface area (Å²) < 4.78 is 0. The van der Waals surface area contributed by atoms with E-state index in [1.165, 1.54) is 19.1 Å². The van der Waals surface area contributed by atoms with Crippen molar-refractivity contribution in [1.29, 1.82) is 0 Å². The number of aryl methyl sites for hydroxylation is 1. The Hall–Kier alpha value is -1.37. The molecule has 1 aromatic carbocycles. The summed E-state index contributed by atoms with van der Waals surface area (Å²) in [6.07, 6.45) is -1.95. The van der Waals surface area contributed by atoms with Crippen molar-refractivity contribution in [2.24, 2.45) is 0 Å². The average Bonchev–Trinajstić information content (AvgIpc) is 2.37. The minimum atomic E-state index is -1.16. The second-order valence-corrected chi connectivity index (χ2v) is 5.79. The molecule has 3 N–H and O–H groups in total. The van der Waals surface area contributed by atoms with Gasteiger partial charge in [0.15, 0.2) is 5.12 Å². The van der Waals surface area contributed by atoms with Gasteiger partial charge in [0.1, 0.15) is 6.10 Å². The summed E-state index contributed by atoms with van der Waals surface area (Å²) >= 11 is 1.08. The van der Waals surface area contributed by atoms with Crippen LogP contribution < -0.4 is 0 Å². The molecule has 2 unspecified atom stereocenters. The Morgan fingerprint density at radius 2 is 1.95 bits per heavy atom. The molecule has 0 fully saturated rings. The topological polar surface area (TPSA) is 94.8 Å². The standard InChI is InChI=1S/C14H18O5S/c1-8-3-4-10(14(18)19)7-11(8)13(17)12(16)5-6-20-9(2)15/h3-4,7,12-13,16-17H,5-6H2,1-2H3,(H,18,19). The minimum absolute atomic E-state index is 0.0456. The van der Waals surface area contributed by atoms with E-state index in [4.69, 9.17) is 5.11 Å². The van der Waals surface area contributed by atoms with Gasteiger partial charge in [-0.2, -0.15) is 0 Å². The second kappa shape index (κ2) is 7.42.